The number of hydrazine groups is 1. The minimum atomic E-state index is -0.275. The van der Waals surface area contributed by atoms with Gasteiger partial charge in [0.25, 0.3) is 5.91 Å². The molecule has 1 aliphatic rings. The number of nitrogens with zero attached hydrogens (tertiary/aromatic N) is 1. The van der Waals surface area contributed by atoms with Gasteiger partial charge in [-0.2, -0.15) is 0 Å². The molecule has 20 heavy (non-hydrogen) atoms. The van der Waals surface area contributed by atoms with E-state index in [1.165, 1.54) is 11.3 Å². The summed E-state index contributed by atoms with van der Waals surface area (Å²) in [6, 6.07) is 4.11. The normalized spacial score (nSPS) is 23.5. The lowest BCUT2D eigenvalue weighted by molar-refractivity contribution is -0.124. The topological polar surface area (TPSA) is 101 Å². The Morgan fingerprint density at radius 2 is 2.20 bits per heavy atom. The van der Waals surface area contributed by atoms with Crippen molar-refractivity contribution in [2.45, 2.75) is 32.4 Å². The molecule has 0 aromatic carbocycles. The molecule has 6 nitrogen and oxygen atoms in total. The van der Waals surface area contributed by atoms with Gasteiger partial charge in [0.1, 0.15) is 0 Å². The van der Waals surface area contributed by atoms with E-state index >= 15 is 0 Å². The molecule has 5 N–H and O–H groups in total. The highest BCUT2D eigenvalue weighted by molar-refractivity contribution is 7.14. The van der Waals surface area contributed by atoms with E-state index < -0.39 is 0 Å². The maximum Gasteiger partial charge on any atom is 0.275 e. The van der Waals surface area contributed by atoms with Gasteiger partial charge in [0.15, 0.2) is 0 Å². The zero-order chi connectivity index (χ0) is 14.7. The standard InChI is InChI=1S/C13H20N4O2S/c1-8-2-3-9(12(14)18)6-17(8)7-10-4-5-11(20-10)13(19)16-15/h4-5,8-9H,2-3,6-7,15H2,1H3,(H2,14,18)(H,16,19). The molecule has 1 aromatic rings. The predicted octanol–water partition coefficient (Wildman–Crippen LogP) is 0.437. The molecule has 2 amide bonds. The van der Waals surface area contributed by atoms with Gasteiger partial charge in [-0.15, -0.1) is 11.3 Å². The Morgan fingerprint density at radius 3 is 2.85 bits per heavy atom. The summed E-state index contributed by atoms with van der Waals surface area (Å²) in [5.41, 5.74) is 7.53. The Balaban J connectivity index is 2.02. The minimum absolute atomic E-state index is 0.0713. The van der Waals surface area contributed by atoms with Gasteiger partial charge in [-0.1, -0.05) is 0 Å². The molecule has 1 aliphatic heterocycles. The number of nitrogens with two attached hydrogens (primary N) is 2. The number of likely N-dealkylation sites (tertiary alicyclic amines) is 1. The Bertz CT molecular complexity index is 502. The van der Waals surface area contributed by atoms with E-state index in [1.54, 1.807) is 6.07 Å². The maximum atomic E-state index is 11.4. The Kier molecular flexibility index (Phi) is 4.74. The van der Waals surface area contributed by atoms with E-state index in [-0.39, 0.29) is 17.7 Å². The molecule has 1 fully saturated rings. The van der Waals surface area contributed by atoms with Crippen molar-refractivity contribution in [3.63, 3.8) is 0 Å². The van der Waals surface area contributed by atoms with Crippen molar-refractivity contribution in [3.8, 4) is 0 Å². The second-order valence-corrected chi connectivity index (χ2v) is 6.36. The van der Waals surface area contributed by atoms with E-state index in [9.17, 15) is 9.59 Å². The summed E-state index contributed by atoms with van der Waals surface area (Å²) in [6.45, 7) is 3.57. The van der Waals surface area contributed by atoms with Crippen LogP contribution in [-0.2, 0) is 11.3 Å². The molecule has 0 radical (unpaired) electrons. The average molecular weight is 296 g/mol. The van der Waals surface area contributed by atoms with Crippen LogP contribution in [-0.4, -0.2) is 29.3 Å². The van der Waals surface area contributed by atoms with Crippen molar-refractivity contribution in [1.29, 1.82) is 0 Å². The fourth-order valence-electron chi connectivity index (χ4n) is 2.49. The van der Waals surface area contributed by atoms with Crippen molar-refractivity contribution >= 4 is 23.2 Å². The first-order valence-electron chi connectivity index (χ1n) is 6.64. The molecule has 0 saturated carbocycles. The Labute approximate surface area is 122 Å². The smallest absolute Gasteiger partial charge is 0.275 e. The third-order valence-electron chi connectivity index (χ3n) is 3.79. The number of nitrogen functional groups attached to an aromatic ring is 1. The maximum absolute atomic E-state index is 11.4. The zero-order valence-electron chi connectivity index (χ0n) is 11.5. The van der Waals surface area contributed by atoms with E-state index in [0.717, 1.165) is 24.3 Å². The van der Waals surface area contributed by atoms with Crippen LogP contribution in [0.5, 0.6) is 0 Å². The van der Waals surface area contributed by atoms with Crippen molar-refractivity contribution < 1.29 is 9.59 Å². The number of nitrogens with one attached hydrogen (secondary N) is 1. The largest absolute Gasteiger partial charge is 0.369 e. The first kappa shape index (κ1) is 15.0. The third kappa shape index (κ3) is 3.36. The summed E-state index contributed by atoms with van der Waals surface area (Å²) in [5.74, 6) is 4.54. The lowest BCUT2D eigenvalue weighted by Gasteiger charge is -2.36. The zero-order valence-corrected chi connectivity index (χ0v) is 12.3. The second-order valence-electron chi connectivity index (χ2n) is 5.19. The number of piperidine rings is 1. The molecule has 1 saturated heterocycles. The van der Waals surface area contributed by atoms with Gasteiger partial charge >= 0.3 is 0 Å². The molecule has 110 valence electrons. The molecule has 0 bridgehead atoms. The Morgan fingerprint density at radius 1 is 1.45 bits per heavy atom. The summed E-state index contributed by atoms with van der Waals surface area (Å²) in [5, 5.41) is 0. The van der Waals surface area contributed by atoms with Crippen LogP contribution in [0, 0.1) is 5.92 Å². The average Bonchev–Trinajstić information content (AvgIpc) is 2.88. The molecule has 2 heterocycles. The van der Waals surface area contributed by atoms with Gasteiger partial charge in [0, 0.05) is 24.0 Å². The summed E-state index contributed by atoms with van der Waals surface area (Å²) in [7, 11) is 0. The number of rotatable bonds is 4. The SMILES string of the molecule is CC1CCC(C(N)=O)CN1Cc1ccc(C(=O)NN)s1. The fourth-order valence-corrected chi connectivity index (χ4v) is 3.42. The first-order chi connectivity index (χ1) is 9.51. The number of hydrogen-bond donors (Lipinski definition) is 3. The minimum Gasteiger partial charge on any atom is -0.369 e. The molecule has 1 aromatic heterocycles. The number of carbonyl (C=O) groups excluding carboxylic acids is 2. The van der Waals surface area contributed by atoms with Crippen molar-refractivity contribution in [1.82, 2.24) is 10.3 Å². The van der Waals surface area contributed by atoms with Crippen molar-refractivity contribution in [2.24, 2.45) is 17.5 Å². The van der Waals surface area contributed by atoms with Crippen molar-refractivity contribution in [3.05, 3.63) is 21.9 Å². The third-order valence-corrected chi connectivity index (χ3v) is 4.86. The van der Waals surface area contributed by atoms with E-state index in [1.807, 2.05) is 6.07 Å². The number of amides is 2. The second kappa shape index (κ2) is 6.34. The number of primary amides is 1. The van der Waals surface area contributed by atoms with Crippen LogP contribution < -0.4 is 17.0 Å². The highest BCUT2D eigenvalue weighted by atomic mass is 32.1. The van der Waals surface area contributed by atoms with Gasteiger partial charge in [0.05, 0.1) is 10.8 Å². The van der Waals surface area contributed by atoms with Crippen LogP contribution in [0.1, 0.15) is 34.3 Å². The van der Waals surface area contributed by atoms with Crippen molar-refractivity contribution in [2.75, 3.05) is 6.54 Å². The molecule has 7 heteroatoms. The van der Waals surface area contributed by atoms with Crippen LogP contribution in [0.2, 0.25) is 0 Å². The van der Waals surface area contributed by atoms with Crippen LogP contribution in [0.4, 0.5) is 0 Å². The summed E-state index contributed by atoms with van der Waals surface area (Å²) >= 11 is 1.42. The van der Waals surface area contributed by atoms with Crippen LogP contribution >= 0.6 is 11.3 Å². The highest BCUT2D eigenvalue weighted by Gasteiger charge is 2.28. The molecule has 2 atom stereocenters. The van der Waals surface area contributed by atoms with E-state index in [4.69, 9.17) is 11.6 Å². The lowest BCUT2D eigenvalue weighted by atomic mass is 9.93. The molecular formula is C13H20N4O2S. The van der Waals surface area contributed by atoms with Gasteiger partial charge in [-0.3, -0.25) is 19.9 Å². The van der Waals surface area contributed by atoms with Gasteiger partial charge in [0.2, 0.25) is 5.91 Å². The van der Waals surface area contributed by atoms with E-state index in [2.05, 4.69) is 17.2 Å². The summed E-state index contributed by atoms with van der Waals surface area (Å²) in [4.78, 5) is 26.7. The molecule has 0 aliphatic carbocycles. The molecule has 2 unspecified atom stereocenters. The van der Waals surface area contributed by atoms with Gasteiger partial charge in [-0.05, 0) is 31.9 Å². The molecular weight excluding hydrogens is 276 g/mol. The van der Waals surface area contributed by atoms with Gasteiger partial charge < -0.3 is 5.73 Å². The summed E-state index contributed by atoms with van der Waals surface area (Å²) < 4.78 is 0. The van der Waals surface area contributed by atoms with E-state index in [0.29, 0.717) is 17.5 Å². The quantitative estimate of drug-likeness (QED) is 0.426. The van der Waals surface area contributed by atoms with Crippen LogP contribution in [0.25, 0.3) is 0 Å². The number of thiophene rings is 1. The van der Waals surface area contributed by atoms with Crippen LogP contribution in [0.15, 0.2) is 12.1 Å². The highest BCUT2D eigenvalue weighted by Crippen LogP contribution is 2.26. The molecule has 0 spiro atoms. The van der Waals surface area contributed by atoms with Gasteiger partial charge in [-0.25, -0.2) is 5.84 Å². The van der Waals surface area contributed by atoms with Crippen LogP contribution in [0.3, 0.4) is 0 Å². The summed E-state index contributed by atoms with van der Waals surface area (Å²) in [6.07, 6.45) is 1.83. The fraction of sp³-hybridized carbons (Fsp3) is 0.538. The number of carbonyl (C=O) groups is 2. The number of hydrogen-bond acceptors (Lipinski definition) is 5. The monoisotopic (exact) mass is 296 g/mol. The molecule has 2 rings (SSSR count). The first-order valence-corrected chi connectivity index (χ1v) is 7.46. The predicted molar refractivity (Wildman–Crippen MR) is 77.8 cm³/mol. The lowest BCUT2D eigenvalue weighted by Crippen LogP contribution is -2.45. The Hall–Kier alpha value is -1.44.